The third-order valence-electron chi connectivity index (χ3n) is 10.9. The number of nitrogens with zero attached hydrogens (tertiary/aromatic N) is 2. The molecule has 0 bridgehead atoms. The maximum atomic E-state index is 11.8. The molecule has 8 radical (unpaired) electrons. The summed E-state index contributed by atoms with van der Waals surface area (Å²) in [5.41, 5.74) is 8.50. The summed E-state index contributed by atoms with van der Waals surface area (Å²) in [6.07, 6.45) is 0.735. The number of para-hydroxylation sites is 2. The molecule has 0 aliphatic carbocycles. The Hall–Kier alpha value is -6.79. The van der Waals surface area contributed by atoms with E-state index in [-0.39, 0.29) is 32.6 Å². The van der Waals surface area contributed by atoms with Crippen molar-refractivity contribution >= 4 is 85.8 Å². The van der Waals surface area contributed by atoms with Gasteiger partial charge < -0.3 is 20.4 Å². The molecule has 0 aliphatic rings. The van der Waals surface area contributed by atoms with Crippen LogP contribution in [0.3, 0.4) is 0 Å². The highest BCUT2D eigenvalue weighted by atomic mass is 16.3. The number of fused-ring (bicyclic) bond motifs is 3. The van der Waals surface area contributed by atoms with Crippen LogP contribution in [-0.2, 0) is 6.42 Å². The second-order valence-corrected chi connectivity index (χ2v) is 14.1. The average molecular weight is 730 g/mol. The number of rotatable bonds is 6. The minimum atomic E-state index is -0.899. The van der Waals surface area contributed by atoms with Gasteiger partial charge in [-0.2, -0.15) is 0 Å². The van der Waals surface area contributed by atoms with Crippen LogP contribution in [0.2, 0.25) is 0 Å². The van der Waals surface area contributed by atoms with Crippen molar-refractivity contribution in [2.45, 2.75) is 13.3 Å². The van der Waals surface area contributed by atoms with Gasteiger partial charge >= 0.3 is 0 Å². The topological polar surface area (TPSA) is 98.7 Å². The molecule has 9 rings (SSSR count). The van der Waals surface area contributed by atoms with E-state index in [1.54, 1.807) is 0 Å². The van der Waals surface area contributed by atoms with Crippen molar-refractivity contribution in [2.24, 2.45) is 0 Å². The average Bonchev–Trinajstić information content (AvgIpc) is 3.64. The zero-order chi connectivity index (χ0) is 39.7. The molecule has 0 amide bonds. The lowest BCUT2D eigenvalue weighted by atomic mass is 9.62. The van der Waals surface area contributed by atoms with Gasteiger partial charge in [0.2, 0.25) is 11.5 Å². The first-order chi connectivity index (χ1) is 27.6. The van der Waals surface area contributed by atoms with E-state index in [9.17, 15) is 20.4 Å². The lowest BCUT2D eigenvalue weighted by Gasteiger charge is -2.26. The van der Waals surface area contributed by atoms with E-state index in [4.69, 9.17) is 36.4 Å². The van der Waals surface area contributed by atoms with E-state index >= 15 is 0 Å². The molecule has 264 valence electrons. The second-order valence-electron chi connectivity index (χ2n) is 14.1. The minimum Gasteiger partial charge on any atom is -0.504 e. The van der Waals surface area contributed by atoms with Gasteiger partial charge in [-0.05, 0) is 74.5 Å². The van der Waals surface area contributed by atoms with Gasteiger partial charge in [0.25, 0.3) is 0 Å². The smallest absolute Gasteiger partial charge is 0.204 e. The zero-order valence-corrected chi connectivity index (χ0v) is 30.8. The van der Waals surface area contributed by atoms with Crippen LogP contribution in [0.1, 0.15) is 12.7 Å². The number of imidazole rings is 1. The molecule has 1 aromatic heterocycles. The molecule has 4 N–H and O–H groups in total. The van der Waals surface area contributed by atoms with Gasteiger partial charge in [-0.15, -0.1) is 10.9 Å². The lowest BCUT2D eigenvalue weighted by Crippen LogP contribution is -2.48. The van der Waals surface area contributed by atoms with Crippen LogP contribution in [0.4, 0.5) is 0 Å². The fourth-order valence-electron chi connectivity index (χ4n) is 8.10. The summed E-state index contributed by atoms with van der Waals surface area (Å²) in [5, 5.41) is 46.4. The predicted octanol–water partition coefficient (Wildman–Crippen LogP) is 6.56. The van der Waals surface area contributed by atoms with Crippen LogP contribution < -0.4 is 21.9 Å². The van der Waals surface area contributed by atoms with Gasteiger partial charge in [0.1, 0.15) is 37.2 Å². The maximum absolute atomic E-state index is 11.8. The van der Waals surface area contributed by atoms with Crippen molar-refractivity contribution in [3.63, 3.8) is 0 Å². The van der Waals surface area contributed by atoms with Gasteiger partial charge in [0, 0.05) is 34.0 Å². The molecule has 57 heavy (non-hydrogen) atoms. The van der Waals surface area contributed by atoms with Crippen LogP contribution in [0.25, 0.3) is 82.8 Å². The highest BCUT2D eigenvalue weighted by Gasteiger charge is 2.29. The number of aromatic nitrogens is 2. The molecule has 0 aliphatic heterocycles. The van der Waals surface area contributed by atoms with Crippen LogP contribution in [0, 0.1) is 0 Å². The molecular weight excluding hydrogens is 700 g/mol. The van der Waals surface area contributed by atoms with E-state index in [2.05, 4.69) is 23.6 Å². The van der Waals surface area contributed by atoms with Gasteiger partial charge in [-0.1, -0.05) is 115 Å². The summed E-state index contributed by atoms with van der Waals surface area (Å²) in [7, 11) is 26.8. The minimum absolute atomic E-state index is 0.0241. The first-order valence-corrected chi connectivity index (χ1v) is 18.4. The van der Waals surface area contributed by atoms with Gasteiger partial charge in [0.05, 0.1) is 11.0 Å². The number of phenols is 4. The Morgan fingerprint density at radius 2 is 0.947 bits per heavy atom. The normalized spacial score (nSPS) is 11.5. The van der Waals surface area contributed by atoms with Crippen molar-refractivity contribution in [1.82, 2.24) is 9.55 Å². The molecule has 0 fully saturated rings. The Balaban J connectivity index is 1.34. The molecule has 9 aromatic rings. The number of phenolic OH excluding ortho intramolecular Hbond substituents is 4. The van der Waals surface area contributed by atoms with E-state index in [1.807, 2.05) is 115 Å². The second kappa shape index (κ2) is 13.7. The summed E-state index contributed by atoms with van der Waals surface area (Å²) in [6, 6.07) is 41.1. The number of aryl methyl sites for hydroxylation is 1. The number of benzene rings is 8. The molecule has 0 unspecified atom stereocenters. The number of aromatic hydroxyl groups is 4. The largest absolute Gasteiger partial charge is 0.504 e. The molecule has 8 aromatic carbocycles. The van der Waals surface area contributed by atoms with Gasteiger partial charge in [-0.3, -0.25) is 4.57 Å². The maximum Gasteiger partial charge on any atom is 0.204 e. The highest BCUT2D eigenvalue weighted by Crippen LogP contribution is 2.56. The highest BCUT2D eigenvalue weighted by molar-refractivity contribution is 6.68. The monoisotopic (exact) mass is 730 g/mol. The number of hydrogen-bond donors (Lipinski definition) is 4. The predicted molar refractivity (Wildman–Crippen MR) is 235 cm³/mol. The quantitative estimate of drug-likeness (QED) is 0.0673. The first-order valence-electron chi connectivity index (χ1n) is 18.4. The van der Waals surface area contributed by atoms with Crippen LogP contribution >= 0.6 is 0 Å². The fraction of sp³-hybridized carbons (Fsp3) is 0.0426. The SMILES string of the molecule is [B]c1c([B])c([B])c2c(-c3cccc(-c4cccc(-n5c(CC)nc6ccccc65)c4)c3)c3c(O)c(O)c(O)c(O)c3c(-c3ccc(-c4ccccc4)cc3)c2c1[B]. The van der Waals surface area contributed by atoms with Crippen molar-refractivity contribution < 1.29 is 20.4 Å². The lowest BCUT2D eigenvalue weighted by molar-refractivity contribution is 0.351. The summed E-state index contributed by atoms with van der Waals surface area (Å²) in [5.74, 6) is -2.20. The number of hydrogen-bond acceptors (Lipinski definition) is 5. The van der Waals surface area contributed by atoms with E-state index in [0.29, 0.717) is 33.0 Å². The van der Waals surface area contributed by atoms with E-state index in [1.165, 1.54) is 0 Å². The Labute approximate surface area is 334 Å². The molecular formula is C47H30B4N2O4. The third kappa shape index (κ3) is 5.58. The van der Waals surface area contributed by atoms with E-state index in [0.717, 1.165) is 51.2 Å². The van der Waals surface area contributed by atoms with Crippen LogP contribution in [-0.4, -0.2) is 61.4 Å². The summed E-state index contributed by atoms with van der Waals surface area (Å²) < 4.78 is 2.15. The van der Waals surface area contributed by atoms with Gasteiger partial charge in [-0.25, -0.2) is 4.98 Å². The van der Waals surface area contributed by atoms with Crippen LogP contribution in [0.15, 0.2) is 127 Å². The third-order valence-corrected chi connectivity index (χ3v) is 10.9. The molecule has 0 spiro atoms. The summed E-state index contributed by atoms with van der Waals surface area (Å²) in [6.45, 7) is 2.08. The summed E-state index contributed by atoms with van der Waals surface area (Å²) in [4.78, 5) is 4.87. The zero-order valence-electron chi connectivity index (χ0n) is 30.8. The fourth-order valence-corrected chi connectivity index (χ4v) is 8.10. The van der Waals surface area contributed by atoms with Crippen molar-refractivity contribution in [3.05, 3.63) is 133 Å². The van der Waals surface area contributed by atoms with Crippen molar-refractivity contribution in [2.75, 3.05) is 0 Å². The standard InChI is InChI=1S/C47H30B4N2O4/c1-2-33-52-31-16-6-7-17-32(31)53(33)30-15-9-13-28(23-30)27-12-8-14-29(22-27)35-37-36(40(48)42(50)43(51)41(37)49)34(38-39(35)45(55)47(57)46(56)44(38)54)26-20-18-25(19-21-26)24-10-4-3-5-11-24/h3-23,54-57H,2H2,1H3. The molecule has 0 saturated heterocycles. The van der Waals surface area contributed by atoms with Crippen molar-refractivity contribution in [1.29, 1.82) is 0 Å². The van der Waals surface area contributed by atoms with Crippen molar-refractivity contribution in [3.8, 4) is 73.2 Å². The molecule has 10 heteroatoms. The molecule has 1 heterocycles. The first kappa shape index (κ1) is 35.9. The Morgan fingerprint density at radius 1 is 0.456 bits per heavy atom. The molecule has 6 nitrogen and oxygen atoms in total. The molecule has 0 atom stereocenters. The summed E-state index contributed by atoms with van der Waals surface area (Å²) >= 11 is 0. The van der Waals surface area contributed by atoms with Gasteiger partial charge in [0.15, 0.2) is 11.5 Å². The Morgan fingerprint density at radius 3 is 1.58 bits per heavy atom. The molecule has 0 saturated carbocycles. The Kier molecular flexibility index (Phi) is 8.65. The van der Waals surface area contributed by atoms with E-state index < -0.39 is 23.0 Å². The Bertz CT molecular complexity index is 3010. The van der Waals surface area contributed by atoms with Crippen LogP contribution in [0.5, 0.6) is 23.0 Å².